The fourth-order valence-electron chi connectivity index (χ4n) is 5.91. The van der Waals surface area contributed by atoms with E-state index < -0.39 is 52.0 Å². The Morgan fingerprint density at radius 3 is 2.55 bits per heavy atom. The van der Waals surface area contributed by atoms with Crippen molar-refractivity contribution in [1.29, 1.82) is 0 Å². The van der Waals surface area contributed by atoms with Gasteiger partial charge in [-0.3, -0.25) is 14.4 Å². The van der Waals surface area contributed by atoms with Crippen LogP contribution in [0, 0.1) is 11.8 Å². The first-order valence-corrected chi connectivity index (χ1v) is 12.0. The summed E-state index contributed by atoms with van der Waals surface area (Å²) in [7, 11) is 1.15. The molecule has 4 aliphatic rings. The van der Waals surface area contributed by atoms with Gasteiger partial charge in [0.1, 0.15) is 29.9 Å². The monoisotopic (exact) mass is 521 g/mol. The van der Waals surface area contributed by atoms with Crippen molar-refractivity contribution in [3.63, 3.8) is 0 Å². The van der Waals surface area contributed by atoms with Crippen LogP contribution in [0.25, 0.3) is 17.1 Å². The number of carbonyl (C=O) groups is 3. The molecule has 12 nitrogen and oxygen atoms in total. The highest BCUT2D eigenvalue weighted by atomic mass is 16.6. The molecule has 0 aliphatic heterocycles. The smallest absolute Gasteiger partial charge is 0.256 e. The third-order valence-corrected chi connectivity index (χ3v) is 7.87. The second kappa shape index (κ2) is 8.02. The number of fused-ring (bicyclic) bond motifs is 3. The predicted molar refractivity (Wildman–Crippen MR) is 129 cm³/mol. The molecule has 0 radical (unpaired) electrons. The molecule has 0 spiro atoms. The number of aliphatic hydroxyl groups excluding tert-OH is 2. The van der Waals surface area contributed by atoms with Crippen molar-refractivity contribution in [2.75, 3.05) is 7.11 Å². The van der Waals surface area contributed by atoms with E-state index in [1.807, 2.05) is 6.07 Å². The maximum atomic E-state index is 13.8. The largest absolute Gasteiger partial charge is 0.507 e. The van der Waals surface area contributed by atoms with E-state index in [1.165, 1.54) is 6.07 Å². The minimum Gasteiger partial charge on any atom is -0.507 e. The van der Waals surface area contributed by atoms with Gasteiger partial charge in [0.15, 0.2) is 17.1 Å². The number of nitrogens with two attached hydrogens (primary N) is 1. The zero-order chi connectivity index (χ0) is 27.1. The zero-order valence-corrected chi connectivity index (χ0v) is 20.1. The Hall–Kier alpha value is -4.45. The van der Waals surface area contributed by atoms with E-state index >= 15 is 0 Å². The second-order valence-corrected chi connectivity index (χ2v) is 10.00. The lowest BCUT2D eigenvalue weighted by Gasteiger charge is -2.45. The number of hydrogen-bond donors (Lipinski definition) is 5. The van der Waals surface area contributed by atoms with Crippen LogP contribution in [-0.4, -0.2) is 61.5 Å². The van der Waals surface area contributed by atoms with E-state index in [9.17, 15) is 34.8 Å². The number of nitrogens with zero attached hydrogens (tertiary/aromatic N) is 2. The molecule has 1 aromatic carbocycles. The number of phenolic OH excluding ortho intramolecular Hbond substituents is 1. The molecule has 12 heteroatoms. The first-order chi connectivity index (χ1) is 18.1. The van der Waals surface area contributed by atoms with E-state index in [0.29, 0.717) is 22.8 Å². The van der Waals surface area contributed by atoms with Crippen LogP contribution < -0.4 is 5.73 Å². The van der Waals surface area contributed by atoms with Crippen molar-refractivity contribution in [3.05, 3.63) is 51.9 Å². The van der Waals surface area contributed by atoms with Crippen LogP contribution in [-0.2, 0) is 25.6 Å². The Morgan fingerprint density at radius 2 is 1.89 bits per heavy atom. The number of oxime groups is 1. The molecule has 2 saturated carbocycles. The quantitative estimate of drug-likeness (QED) is 0.223. The van der Waals surface area contributed by atoms with Crippen molar-refractivity contribution in [3.8, 4) is 17.1 Å². The van der Waals surface area contributed by atoms with Crippen LogP contribution in [0.2, 0.25) is 0 Å². The summed E-state index contributed by atoms with van der Waals surface area (Å²) >= 11 is 0. The average Bonchev–Trinajstić information content (AvgIpc) is 3.60. The van der Waals surface area contributed by atoms with Gasteiger partial charge in [0, 0.05) is 23.1 Å². The number of ketones is 2. The fraction of sp³-hybridized carbons (Fsp3) is 0.346. The summed E-state index contributed by atoms with van der Waals surface area (Å²) in [5.41, 5.74) is 2.53. The molecule has 38 heavy (non-hydrogen) atoms. The van der Waals surface area contributed by atoms with Gasteiger partial charge in [-0.2, -0.15) is 0 Å². The van der Waals surface area contributed by atoms with Gasteiger partial charge in [0.2, 0.25) is 11.6 Å². The SMILES string of the molecule is CO/N=C1\C(O)=C(C(N)=O)C(=O)[C@@]2(O)C(=O)C3=C(O)c4c(O)ccc(-c5cc(C6CC6)no5)c4C[C@H]3C[C@@H]12. The topological polar surface area (TPSA) is 206 Å². The van der Waals surface area contributed by atoms with E-state index in [4.69, 9.17) is 15.1 Å². The molecule has 0 bridgehead atoms. The van der Waals surface area contributed by atoms with Gasteiger partial charge < -0.3 is 35.5 Å². The van der Waals surface area contributed by atoms with Gasteiger partial charge >= 0.3 is 0 Å². The van der Waals surface area contributed by atoms with Crippen LogP contribution in [0.5, 0.6) is 5.75 Å². The molecule has 2 aromatic rings. The number of hydrogen-bond acceptors (Lipinski definition) is 11. The van der Waals surface area contributed by atoms with Gasteiger partial charge in [-0.25, -0.2) is 0 Å². The molecule has 1 amide bonds. The summed E-state index contributed by atoms with van der Waals surface area (Å²) in [4.78, 5) is 43.8. The molecule has 2 fully saturated rings. The van der Waals surface area contributed by atoms with Crippen LogP contribution in [0.3, 0.4) is 0 Å². The Bertz CT molecular complexity index is 1540. The summed E-state index contributed by atoms with van der Waals surface area (Å²) in [6, 6.07) is 4.78. The van der Waals surface area contributed by atoms with Crippen molar-refractivity contribution in [1.82, 2.24) is 5.16 Å². The van der Waals surface area contributed by atoms with Crippen molar-refractivity contribution < 1.29 is 44.2 Å². The summed E-state index contributed by atoms with van der Waals surface area (Å²) < 4.78 is 5.56. The molecule has 0 unspecified atom stereocenters. The van der Waals surface area contributed by atoms with E-state index in [0.717, 1.165) is 25.6 Å². The van der Waals surface area contributed by atoms with Gasteiger partial charge in [-0.1, -0.05) is 10.3 Å². The number of aliphatic hydroxyl groups is 3. The Kier molecular flexibility index (Phi) is 5.05. The fourth-order valence-corrected chi connectivity index (χ4v) is 5.91. The molecular formula is C26H23N3O9. The third-order valence-electron chi connectivity index (χ3n) is 7.87. The number of phenols is 1. The van der Waals surface area contributed by atoms with Gasteiger partial charge in [-0.05, 0) is 49.3 Å². The number of allylic oxidation sites excluding steroid dienone is 1. The number of aromatic hydroxyl groups is 1. The van der Waals surface area contributed by atoms with Crippen LogP contribution in [0.1, 0.15) is 42.0 Å². The summed E-state index contributed by atoms with van der Waals surface area (Å²) in [6.45, 7) is 0. The van der Waals surface area contributed by atoms with E-state index in [1.54, 1.807) is 6.07 Å². The molecule has 4 aliphatic carbocycles. The molecule has 6 N–H and O–H groups in total. The van der Waals surface area contributed by atoms with Crippen LogP contribution in [0.15, 0.2) is 44.8 Å². The number of Topliss-reactive ketones (excluding diaryl/α,β-unsaturated/α-hetero) is 2. The van der Waals surface area contributed by atoms with Crippen molar-refractivity contribution in [2.24, 2.45) is 22.7 Å². The normalized spacial score (nSPS) is 27.8. The predicted octanol–water partition coefficient (Wildman–Crippen LogP) is 1.57. The van der Waals surface area contributed by atoms with E-state index in [2.05, 4.69) is 10.3 Å². The number of benzene rings is 1. The Morgan fingerprint density at radius 1 is 1.16 bits per heavy atom. The molecule has 0 saturated heterocycles. The highest BCUT2D eigenvalue weighted by molar-refractivity contribution is 6.38. The lowest BCUT2D eigenvalue weighted by atomic mass is 9.58. The highest BCUT2D eigenvalue weighted by Crippen LogP contribution is 2.52. The first kappa shape index (κ1) is 23.9. The molecular weight excluding hydrogens is 498 g/mol. The van der Waals surface area contributed by atoms with E-state index in [-0.39, 0.29) is 35.4 Å². The molecule has 1 heterocycles. The summed E-state index contributed by atoms with van der Waals surface area (Å²) in [5.74, 6) is -7.15. The average molecular weight is 521 g/mol. The maximum Gasteiger partial charge on any atom is 0.256 e. The van der Waals surface area contributed by atoms with Crippen molar-refractivity contribution >= 4 is 28.9 Å². The minimum absolute atomic E-state index is 0.0314. The van der Waals surface area contributed by atoms with Gasteiger partial charge in [-0.15, -0.1) is 0 Å². The molecule has 3 atom stereocenters. The second-order valence-electron chi connectivity index (χ2n) is 10.00. The molecule has 6 rings (SSSR count). The summed E-state index contributed by atoms with van der Waals surface area (Å²) in [5, 5.41) is 51.9. The lowest BCUT2D eigenvalue weighted by Crippen LogP contribution is -2.64. The zero-order valence-electron chi connectivity index (χ0n) is 20.1. The van der Waals surface area contributed by atoms with Gasteiger partial charge in [0.05, 0.1) is 17.2 Å². The summed E-state index contributed by atoms with van der Waals surface area (Å²) in [6.07, 6.45) is 2.01. The Balaban J connectivity index is 1.52. The number of primary amides is 1. The van der Waals surface area contributed by atoms with Crippen LogP contribution >= 0.6 is 0 Å². The maximum absolute atomic E-state index is 13.8. The highest BCUT2D eigenvalue weighted by Gasteiger charge is 2.64. The number of rotatable bonds is 4. The number of aromatic nitrogens is 1. The third kappa shape index (κ3) is 3.09. The van der Waals surface area contributed by atoms with Gasteiger partial charge in [0.25, 0.3) is 5.91 Å². The van der Waals surface area contributed by atoms with Crippen molar-refractivity contribution in [2.45, 2.75) is 37.2 Å². The van der Waals surface area contributed by atoms with Crippen LogP contribution in [0.4, 0.5) is 0 Å². The minimum atomic E-state index is -2.89. The lowest BCUT2D eigenvalue weighted by molar-refractivity contribution is -0.153. The molecule has 1 aromatic heterocycles. The number of amides is 1. The Labute approximate surface area is 214 Å². The first-order valence-electron chi connectivity index (χ1n) is 12.0. The standard InChI is InChI=1S/C26H23N3O9/c1-37-29-20-13-7-10-6-12-11(16-8-14(28-38-16)9-2-3-9)4-5-15(30)18(12)21(31)17(10)23(33)26(13,36)24(34)19(22(20)32)25(27)35/h4-5,8-10,13,30-32,36H,2-3,6-7H2,1H3,(H2,27,35)/b29-20-/t10-,13-,26-/m0/s1. The molecule has 196 valence electrons. The number of carbonyl (C=O) groups excluding carboxylic acids is 3.